The zero-order valence-corrected chi connectivity index (χ0v) is 11.0. The molecule has 2 aliphatic heterocycles. The number of anilines is 1. The van der Waals surface area contributed by atoms with Crippen LogP contribution in [-0.4, -0.2) is 47.3 Å². The van der Waals surface area contributed by atoms with Gasteiger partial charge in [0, 0.05) is 37.8 Å². The van der Waals surface area contributed by atoms with E-state index in [0.29, 0.717) is 31.7 Å². The quantitative estimate of drug-likeness (QED) is 0.774. The molecule has 2 fully saturated rings. The van der Waals surface area contributed by atoms with E-state index in [1.165, 1.54) is 18.2 Å². The summed E-state index contributed by atoms with van der Waals surface area (Å²) in [7, 11) is 0. The van der Waals surface area contributed by atoms with E-state index in [4.69, 9.17) is 5.73 Å². The van der Waals surface area contributed by atoms with Crippen molar-refractivity contribution in [2.75, 3.05) is 25.4 Å². The largest absolute Gasteiger partial charge is 0.399 e. The minimum atomic E-state index is -0.561. The number of nitrogens with zero attached hydrogens (tertiary/aromatic N) is 2. The standard InChI is InChI=1S/C14H16FN3O2/c15-12-3-1-9(16)7-11(12)14(20)17-5-6-18-10(8-17)2-4-13(18)19/h1,3,7,10H,2,4-6,8,16H2. The second-order valence-electron chi connectivity index (χ2n) is 5.27. The number of rotatable bonds is 1. The molecule has 1 aromatic rings. The lowest BCUT2D eigenvalue weighted by molar-refractivity contribution is -0.130. The highest BCUT2D eigenvalue weighted by Gasteiger charge is 2.37. The fourth-order valence-electron chi connectivity index (χ4n) is 2.93. The summed E-state index contributed by atoms with van der Waals surface area (Å²) in [5.74, 6) is -0.764. The van der Waals surface area contributed by atoms with E-state index >= 15 is 0 Å². The Morgan fingerprint density at radius 3 is 2.95 bits per heavy atom. The Morgan fingerprint density at radius 2 is 2.15 bits per heavy atom. The molecule has 1 unspecified atom stereocenters. The molecule has 0 radical (unpaired) electrons. The molecule has 2 amide bonds. The molecule has 1 aromatic carbocycles. The Hall–Kier alpha value is -2.11. The highest BCUT2D eigenvalue weighted by atomic mass is 19.1. The van der Waals surface area contributed by atoms with Gasteiger partial charge in [-0.3, -0.25) is 9.59 Å². The first kappa shape index (κ1) is 12.9. The molecule has 1 atom stereocenters. The molecule has 5 nitrogen and oxygen atoms in total. The Labute approximate surface area is 116 Å². The lowest BCUT2D eigenvalue weighted by atomic mass is 10.1. The maximum Gasteiger partial charge on any atom is 0.257 e. The Balaban J connectivity index is 1.78. The van der Waals surface area contributed by atoms with Crippen LogP contribution in [0.1, 0.15) is 23.2 Å². The molecule has 20 heavy (non-hydrogen) atoms. The third-order valence-corrected chi connectivity index (χ3v) is 4.00. The van der Waals surface area contributed by atoms with Crippen LogP contribution in [0.15, 0.2) is 18.2 Å². The van der Waals surface area contributed by atoms with Gasteiger partial charge in [0.05, 0.1) is 5.56 Å². The number of piperazine rings is 1. The average molecular weight is 277 g/mol. The fraction of sp³-hybridized carbons (Fsp3) is 0.429. The highest BCUT2D eigenvalue weighted by molar-refractivity contribution is 5.95. The first-order chi connectivity index (χ1) is 9.56. The first-order valence-corrected chi connectivity index (χ1v) is 6.70. The van der Waals surface area contributed by atoms with E-state index in [2.05, 4.69) is 0 Å². The van der Waals surface area contributed by atoms with Crippen molar-refractivity contribution in [1.29, 1.82) is 0 Å². The number of fused-ring (bicyclic) bond motifs is 1. The number of nitrogen functional groups attached to an aromatic ring is 1. The van der Waals surface area contributed by atoms with Crippen LogP contribution in [0.4, 0.5) is 10.1 Å². The van der Waals surface area contributed by atoms with Gasteiger partial charge in [-0.05, 0) is 24.6 Å². The Morgan fingerprint density at radius 1 is 1.35 bits per heavy atom. The number of nitrogens with two attached hydrogens (primary N) is 1. The number of carbonyl (C=O) groups excluding carboxylic acids is 2. The molecule has 2 saturated heterocycles. The number of hydrogen-bond acceptors (Lipinski definition) is 3. The fourth-order valence-corrected chi connectivity index (χ4v) is 2.93. The molecule has 0 spiro atoms. The van der Waals surface area contributed by atoms with Crippen LogP contribution in [-0.2, 0) is 4.79 Å². The van der Waals surface area contributed by atoms with E-state index in [1.54, 1.807) is 4.90 Å². The molecule has 0 bridgehead atoms. The predicted octanol–water partition coefficient (Wildman–Crippen LogP) is 0.855. The maximum absolute atomic E-state index is 13.7. The van der Waals surface area contributed by atoms with Crippen molar-refractivity contribution in [3.05, 3.63) is 29.6 Å². The van der Waals surface area contributed by atoms with Crippen molar-refractivity contribution in [1.82, 2.24) is 9.80 Å². The molecule has 3 rings (SSSR count). The van der Waals surface area contributed by atoms with Crippen LogP contribution in [0.5, 0.6) is 0 Å². The minimum Gasteiger partial charge on any atom is -0.399 e. The molecule has 2 aliphatic rings. The average Bonchev–Trinajstić information content (AvgIpc) is 2.82. The molecular formula is C14H16FN3O2. The summed E-state index contributed by atoms with van der Waals surface area (Å²) in [5, 5.41) is 0. The van der Waals surface area contributed by atoms with E-state index in [0.717, 1.165) is 6.42 Å². The van der Waals surface area contributed by atoms with Crippen LogP contribution in [0.2, 0.25) is 0 Å². The van der Waals surface area contributed by atoms with Gasteiger partial charge in [0.15, 0.2) is 0 Å². The van der Waals surface area contributed by atoms with E-state index < -0.39 is 5.82 Å². The van der Waals surface area contributed by atoms with Crippen LogP contribution in [0.25, 0.3) is 0 Å². The summed E-state index contributed by atoms with van der Waals surface area (Å²) in [4.78, 5) is 27.4. The van der Waals surface area contributed by atoms with Crippen LogP contribution < -0.4 is 5.73 Å². The second-order valence-corrected chi connectivity index (χ2v) is 5.27. The van der Waals surface area contributed by atoms with Gasteiger partial charge in [-0.15, -0.1) is 0 Å². The number of carbonyl (C=O) groups is 2. The smallest absolute Gasteiger partial charge is 0.257 e. The van der Waals surface area contributed by atoms with Gasteiger partial charge < -0.3 is 15.5 Å². The molecule has 0 aromatic heterocycles. The maximum atomic E-state index is 13.7. The van der Waals surface area contributed by atoms with Crippen molar-refractivity contribution < 1.29 is 14.0 Å². The molecule has 0 aliphatic carbocycles. The van der Waals surface area contributed by atoms with Crippen molar-refractivity contribution >= 4 is 17.5 Å². The van der Waals surface area contributed by atoms with Crippen molar-refractivity contribution in [2.24, 2.45) is 0 Å². The molecule has 2 heterocycles. The molecule has 106 valence electrons. The number of amides is 2. The zero-order valence-electron chi connectivity index (χ0n) is 11.0. The van der Waals surface area contributed by atoms with Crippen molar-refractivity contribution in [3.63, 3.8) is 0 Å². The SMILES string of the molecule is Nc1ccc(F)c(C(=O)N2CCN3C(=O)CCC3C2)c1. The monoisotopic (exact) mass is 277 g/mol. The van der Waals surface area contributed by atoms with Gasteiger partial charge in [0.2, 0.25) is 5.91 Å². The van der Waals surface area contributed by atoms with Crippen molar-refractivity contribution in [2.45, 2.75) is 18.9 Å². The van der Waals surface area contributed by atoms with Gasteiger partial charge >= 0.3 is 0 Å². The van der Waals surface area contributed by atoms with Crippen LogP contribution in [0, 0.1) is 5.82 Å². The highest BCUT2D eigenvalue weighted by Crippen LogP contribution is 2.24. The van der Waals surface area contributed by atoms with Crippen LogP contribution in [0.3, 0.4) is 0 Å². The van der Waals surface area contributed by atoms with Gasteiger partial charge in [-0.1, -0.05) is 0 Å². The van der Waals surface area contributed by atoms with Gasteiger partial charge in [-0.25, -0.2) is 4.39 Å². The van der Waals surface area contributed by atoms with Crippen LogP contribution >= 0.6 is 0 Å². The lowest BCUT2D eigenvalue weighted by Gasteiger charge is -2.37. The predicted molar refractivity (Wildman–Crippen MR) is 71.5 cm³/mol. The van der Waals surface area contributed by atoms with Gasteiger partial charge in [0.25, 0.3) is 5.91 Å². The summed E-state index contributed by atoms with van der Waals surface area (Å²) in [6.45, 7) is 1.44. The third kappa shape index (κ3) is 2.11. The molecule has 0 saturated carbocycles. The summed E-state index contributed by atoms with van der Waals surface area (Å²) in [5.41, 5.74) is 5.98. The minimum absolute atomic E-state index is 0.00257. The topological polar surface area (TPSA) is 66.6 Å². The summed E-state index contributed by atoms with van der Waals surface area (Å²) in [6, 6.07) is 4.07. The third-order valence-electron chi connectivity index (χ3n) is 4.00. The molecule has 6 heteroatoms. The zero-order chi connectivity index (χ0) is 14.3. The summed E-state index contributed by atoms with van der Waals surface area (Å²) < 4.78 is 13.7. The van der Waals surface area contributed by atoms with E-state index in [-0.39, 0.29) is 23.4 Å². The number of hydrogen-bond donors (Lipinski definition) is 1. The normalized spacial score (nSPS) is 22.1. The van der Waals surface area contributed by atoms with E-state index in [9.17, 15) is 14.0 Å². The van der Waals surface area contributed by atoms with Gasteiger partial charge in [0.1, 0.15) is 5.82 Å². The lowest BCUT2D eigenvalue weighted by Crippen LogP contribution is -2.53. The number of halogens is 1. The van der Waals surface area contributed by atoms with Crippen molar-refractivity contribution in [3.8, 4) is 0 Å². The molecular weight excluding hydrogens is 261 g/mol. The van der Waals surface area contributed by atoms with Gasteiger partial charge in [-0.2, -0.15) is 0 Å². The summed E-state index contributed by atoms with van der Waals surface area (Å²) >= 11 is 0. The summed E-state index contributed by atoms with van der Waals surface area (Å²) in [6.07, 6.45) is 1.31. The Bertz CT molecular complexity index is 576. The molecule has 2 N–H and O–H groups in total. The second kappa shape index (κ2) is 4.77. The Kier molecular flexibility index (Phi) is 3.08. The van der Waals surface area contributed by atoms with E-state index in [1.807, 2.05) is 4.90 Å². The number of benzene rings is 1. The first-order valence-electron chi connectivity index (χ1n) is 6.70.